The van der Waals surface area contributed by atoms with Crippen LogP contribution < -0.4 is 0 Å². The summed E-state index contributed by atoms with van der Waals surface area (Å²) in [5, 5.41) is 0. The molecule has 1 amide bonds. The molecular weight excluding hydrogens is 232 g/mol. The van der Waals surface area contributed by atoms with Crippen molar-refractivity contribution >= 4 is 6.09 Å². The molecule has 1 unspecified atom stereocenters. The van der Waals surface area contributed by atoms with E-state index in [1.807, 2.05) is 25.7 Å². The zero-order valence-electron chi connectivity index (χ0n) is 12.2. The highest BCUT2D eigenvalue weighted by molar-refractivity contribution is 5.68. The Bertz CT molecular complexity index is 276. The molecule has 1 saturated heterocycles. The number of ether oxygens (including phenoxy) is 2. The van der Waals surface area contributed by atoms with E-state index >= 15 is 0 Å². The standard InChI is InChI=1S/C13H26N2O3/c1-11-10-14(8-9-17-5)6-7-15(11)12(16)18-13(2,3)4/h11H,6-10H2,1-5H3. The molecule has 0 saturated carbocycles. The number of piperazine rings is 1. The Hall–Kier alpha value is -0.810. The van der Waals surface area contributed by atoms with Gasteiger partial charge in [-0.3, -0.25) is 4.90 Å². The van der Waals surface area contributed by atoms with Crippen LogP contribution in [0.4, 0.5) is 4.79 Å². The lowest BCUT2D eigenvalue weighted by molar-refractivity contribution is -0.000925. The molecular formula is C13H26N2O3. The third-order valence-electron chi connectivity index (χ3n) is 2.95. The van der Waals surface area contributed by atoms with Crippen molar-refractivity contribution in [3.8, 4) is 0 Å². The lowest BCUT2D eigenvalue weighted by Gasteiger charge is -2.40. The van der Waals surface area contributed by atoms with E-state index in [9.17, 15) is 4.79 Å². The van der Waals surface area contributed by atoms with Crippen molar-refractivity contribution in [1.82, 2.24) is 9.80 Å². The average Bonchev–Trinajstić information content (AvgIpc) is 2.23. The van der Waals surface area contributed by atoms with Crippen molar-refractivity contribution in [2.24, 2.45) is 0 Å². The predicted molar refractivity (Wildman–Crippen MR) is 70.7 cm³/mol. The summed E-state index contributed by atoms with van der Waals surface area (Å²) in [6.07, 6.45) is -0.207. The van der Waals surface area contributed by atoms with Crippen LogP contribution in [0.25, 0.3) is 0 Å². The molecule has 106 valence electrons. The molecule has 0 aliphatic carbocycles. The molecule has 18 heavy (non-hydrogen) atoms. The van der Waals surface area contributed by atoms with Crippen LogP contribution in [-0.2, 0) is 9.47 Å². The van der Waals surface area contributed by atoms with Gasteiger partial charge >= 0.3 is 6.09 Å². The minimum atomic E-state index is -0.427. The van der Waals surface area contributed by atoms with E-state index in [1.54, 1.807) is 7.11 Å². The molecule has 0 radical (unpaired) electrons. The van der Waals surface area contributed by atoms with Crippen LogP contribution in [0.5, 0.6) is 0 Å². The maximum atomic E-state index is 12.0. The van der Waals surface area contributed by atoms with E-state index in [0.717, 1.165) is 32.8 Å². The van der Waals surface area contributed by atoms with E-state index in [4.69, 9.17) is 9.47 Å². The number of hydrogen-bond donors (Lipinski definition) is 0. The van der Waals surface area contributed by atoms with Crippen molar-refractivity contribution in [1.29, 1.82) is 0 Å². The predicted octanol–water partition coefficient (Wildman–Crippen LogP) is 1.57. The maximum Gasteiger partial charge on any atom is 0.410 e. The molecule has 1 aliphatic heterocycles. The third-order valence-corrected chi connectivity index (χ3v) is 2.95. The first kappa shape index (κ1) is 15.2. The molecule has 1 fully saturated rings. The fourth-order valence-electron chi connectivity index (χ4n) is 2.05. The van der Waals surface area contributed by atoms with Gasteiger partial charge in [0.2, 0.25) is 0 Å². The lowest BCUT2D eigenvalue weighted by atomic mass is 10.2. The van der Waals surface area contributed by atoms with E-state index < -0.39 is 5.60 Å². The number of methoxy groups -OCH3 is 1. The molecule has 0 N–H and O–H groups in total. The molecule has 1 atom stereocenters. The van der Waals surface area contributed by atoms with Gasteiger partial charge in [0.25, 0.3) is 0 Å². The van der Waals surface area contributed by atoms with Gasteiger partial charge < -0.3 is 14.4 Å². The quantitative estimate of drug-likeness (QED) is 0.770. The van der Waals surface area contributed by atoms with Gasteiger partial charge in [-0.15, -0.1) is 0 Å². The molecule has 0 aromatic heterocycles. The highest BCUT2D eigenvalue weighted by Crippen LogP contribution is 2.15. The number of amides is 1. The van der Waals surface area contributed by atoms with Crippen LogP contribution in [0.2, 0.25) is 0 Å². The van der Waals surface area contributed by atoms with Gasteiger partial charge in [-0.25, -0.2) is 4.79 Å². The van der Waals surface area contributed by atoms with Gasteiger partial charge in [-0.05, 0) is 27.7 Å². The van der Waals surface area contributed by atoms with Crippen LogP contribution in [0.1, 0.15) is 27.7 Å². The zero-order chi connectivity index (χ0) is 13.8. The van der Waals surface area contributed by atoms with E-state index in [1.165, 1.54) is 0 Å². The molecule has 1 aliphatic rings. The van der Waals surface area contributed by atoms with E-state index in [2.05, 4.69) is 11.8 Å². The first-order valence-electron chi connectivity index (χ1n) is 6.54. The second-order valence-corrected chi connectivity index (χ2v) is 5.82. The summed E-state index contributed by atoms with van der Waals surface area (Å²) < 4.78 is 10.5. The Labute approximate surface area is 110 Å². The van der Waals surface area contributed by atoms with E-state index in [-0.39, 0.29) is 12.1 Å². The number of nitrogens with zero attached hydrogens (tertiary/aromatic N) is 2. The van der Waals surface area contributed by atoms with Gasteiger partial charge in [0.05, 0.1) is 6.61 Å². The van der Waals surface area contributed by atoms with Crippen LogP contribution in [0.3, 0.4) is 0 Å². The molecule has 0 spiro atoms. The summed E-state index contributed by atoms with van der Waals surface area (Å²) in [4.78, 5) is 16.1. The van der Waals surface area contributed by atoms with Gasteiger partial charge in [0.15, 0.2) is 0 Å². The van der Waals surface area contributed by atoms with Crippen molar-refractivity contribution in [3.63, 3.8) is 0 Å². The lowest BCUT2D eigenvalue weighted by Crippen LogP contribution is -2.55. The van der Waals surface area contributed by atoms with Crippen LogP contribution in [-0.4, -0.2) is 67.4 Å². The fourth-order valence-corrected chi connectivity index (χ4v) is 2.05. The maximum absolute atomic E-state index is 12.0. The monoisotopic (exact) mass is 258 g/mol. The summed E-state index contributed by atoms with van der Waals surface area (Å²) in [5.74, 6) is 0. The molecule has 0 bridgehead atoms. The number of rotatable bonds is 3. The first-order chi connectivity index (χ1) is 8.33. The Kier molecular flexibility index (Phi) is 5.41. The van der Waals surface area contributed by atoms with Gasteiger partial charge in [0, 0.05) is 39.3 Å². The van der Waals surface area contributed by atoms with Crippen molar-refractivity contribution < 1.29 is 14.3 Å². The second-order valence-electron chi connectivity index (χ2n) is 5.82. The fraction of sp³-hybridized carbons (Fsp3) is 0.923. The number of carbonyl (C=O) groups is 1. The highest BCUT2D eigenvalue weighted by atomic mass is 16.6. The van der Waals surface area contributed by atoms with Crippen molar-refractivity contribution in [3.05, 3.63) is 0 Å². The minimum Gasteiger partial charge on any atom is -0.444 e. The van der Waals surface area contributed by atoms with Gasteiger partial charge in [-0.1, -0.05) is 0 Å². The molecule has 5 heteroatoms. The third kappa shape index (κ3) is 4.82. The van der Waals surface area contributed by atoms with Crippen LogP contribution in [0, 0.1) is 0 Å². The minimum absolute atomic E-state index is 0.186. The Morgan fingerprint density at radius 2 is 2.00 bits per heavy atom. The average molecular weight is 258 g/mol. The van der Waals surface area contributed by atoms with Gasteiger partial charge in [0.1, 0.15) is 5.60 Å². The SMILES string of the molecule is COCCN1CCN(C(=O)OC(C)(C)C)C(C)C1. The highest BCUT2D eigenvalue weighted by Gasteiger charge is 2.30. The summed E-state index contributed by atoms with van der Waals surface area (Å²) in [6.45, 7) is 11.9. The largest absolute Gasteiger partial charge is 0.444 e. The first-order valence-corrected chi connectivity index (χ1v) is 6.54. The van der Waals surface area contributed by atoms with E-state index in [0.29, 0.717) is 0 Å². The Morgan fingerprint density at radius 3 is 2.50 bits per heavy atom. The topological polar surface area (TPSA) is 42.0 Å². The second kappa shape index (κ2) is 6.38. The summed E-state index contributed by atoms with van der Waals surface area (Å²) in [6, 6.07) is 0.186. The summed E-state index contributed by atoms with van der Waals surface area (Å²) in [7, 11) is 1.71. The van der Waals surface area contributed by atoms with Crippen LogP contribution in [0.15, 0.2) is 0 Å². The van der Waals surface area contributed by atoms with Crippen molar-refractivity contribution in [2.75, 3.05) is 39.9 Å². The smallest absolute Gasteiger partial charge is 0.410 e. The molecule has 0 aromatic carbocycles. The number of hydrogen-bond acceptors (Lipinski definition) is 4. The molecule has 0 aromatic rings. The Morgan fingerprint density at radius 1 is 1.33 bits per heavy atom. The van der Waals surface area contributed by atoms with Crippen LogP contribution >= 0.6 is 0 Å². The molecule has 1 rings (SSSR count). The van der Waals surface area contributed by atoms with Crippen molar-refractivity contribution in [2.45, 2.75) is 39.3 Å². The zero-order valence-corrected chi connectivity index (χ0v) is 12.2. The number of carbonyl (C=O) groups excluding carboxylic acids is 1. The van der Waals surface area contributed by atoms with Gasteiger partial charge in [-0.2, -0.15) is 0 Å². The Balaban J connectivity index is 2.44. The summed E-state index contributed by atoms with van der Waals surface area (Å²) in [5.41, 5.74) is -0.427. The normalized spacial score (nSPS) is 22.1. The molecule has 5 nitrogen and oxygen atoms in total. The summed E-state index contributed by atoms with van der Waals surface area (Å²) >= 11 is 0. The molecule has 1 heterocycles.